The maximum Gasteiger partial charge on any atom is 0.356 e. The summed E-state index contributed by atoms with van der Waals surface area (Å²) in [5.74, 6) is -1.41. The largest absolute Gasteiger partial charge is 0.480 e. The number of methoxy groups -OCH3 is 1. The lowest BCUT2D eigenvalue weighted by molar-refractivity contribution is -0.144. The summed E-state index contributed by atoms with van der Waals surface area (Å²) in [6.45, 7) is 1.23. The number of anilines is 1. The highest BCUT2D eigenvalue weighted by Gasteiger charge is 2.21. The molecule has 114 valence electrons. The van der Waals surface area contributed by atoms with Crippen LogP contribution in [-0.4, -0.2) is 54.9 Å². The van der Waals surface area contributed by atoms with E-state index in [1.54, 1.807) is 12.3 Å². The number of hydrogen-bond acceptors (Lipinski definition) is 6. The molecule has 7 heteroatoms. The van der Waals surface area contributed by atoms with Gasteiger partial charge < -0.3 is 19.5 Å². The number of piperidine rings is 1. The first-order valence-corrected chi connectivity index (χ1v) is 6.73. The van der Waals surface area contributed by atoms with Crippen LogP contribution in [0.2, 0.25) is 0 Å². The number of nitrogens with zero attached hydrogens (tertiary/aromatic N) is 2. The fraction of sp³-hybridized carbons (Fsp3) is 0.500. The average molecular weight is 294 g/mol. The van der Waals surface area contributed by atoms with Crippen molar-refractivity contribution in [1.29, 1.82) is 0 Å². The maximum atomic E-state index is 11.5. The van der Waals surface area contributed by atoms with E-state index in [0.29, 0.717) is 0 Å². The number of aliphatic carboxylic acids is 1. The number of pyridine rings is 1. The second-order valence-electron chi connectivity index (χ2n) is 4.78. The van der Waals surface area contributed by atoms with E-state index in [-0.39, 0.29) is 18.4 Å². The fourth-order valence-electron chi connectivity index (χ4n) is 2.30. The van der Waals surface area contributed by atoms with Gasteiger partial charge in [-0.15, -0.1) is 0 Å². The average Bonchev–Trinajstić information content (AvgIpc) is 2.52. The molecule has 1 fully saturated rings. The normalized spacial score (nSPS) is 15.8. The van der Waals surface area contributed by atoms with Crippen LogP contribution in [-0.2, 0) is 14.3 Å². The highest BCUT2D eigenvalue weighted by Crippen LogP contribution is 2.21. The zero-order valence-electron chi connectivity index (χ0n) is 11.8. The molecule has 7 nitrogen and oxygen atoms in total. The Morgan fingerprint density at radius 2 is 2.14 bits per heavy atom. The number of carboxylic acids is 1. The highest BCUT2D eigenvalue weighted by molar-refractivity contribution is 5.88. The first kappa shape index (κ1) is 15.2. The molecule has 2 rings (SSSR count). The number of carbonyl (C=O) groups is 2. The zero-order valence-corrected chi connectivity index (χ0v) is 11.8. The third-order valence-electron chi connectivity index (χ3n) is 3.39. The van der Waals surface area contributed by atoms with Crippen molar-refractivity contribution in [3.8, 4) is 0 Å². The van der Waals surface area contributed by atoms with Crippen molar-refractivity contribution in [1.82, 2.24) is 4.98 Å². The molecule has 0 aromatic carbocycles. The molecule has 1 N–H and O–H groups in total. The van der Waals surface area contributed by atoms with E-state index in [9.17, 15) is 9.59 Å². The SMILES string of the molecule is COC(=O)c1cc(N2CCC(OCC(=O)O)CC2)ccn1. The minimum absolute atomic E-state index is 0.0285. The summed E-state index contributed by atoms with van der Waals surface area (Å²) in [5, 5.41) is 8.59. The third kappa shape index (κ3) is 4.16. The van der Waals surface area contributed by atoms with Crippen molar-refractivity contribution < 1.29 is 24.2 Å². The fourth-order valence-corrected chi connectivity index (χ4v) is 2.30. The molecule has 1 aromatic rings. The van der Waals surface area contributed by atoms with Gasteiger partial charge >= 0.3 is 11.9 Å². The summed E-state index contributed by atoms with van der Waals surface area (Å²) < 4.78 is 9.95. The molecule has 2 heterocycles. The number of carbonyl (C=O) groups excluding carboxylic acids is 1. The van der Waals surface area contributed by atoms with Gasteiger partial charge in [0.25, 0.3) is 0 Å². The van der Waals surface area contributed by atoms with Gasteiger partial charge in [-0.2, -0.15) is 0 Å². The number of aromatic nitrogens is 1. The van der Waals surface area contributed by atoms with E-state index < -0.39 is 11.9 Å². The molecule has 1 saturated heterocycles. The van der Waals surface area contributed by atoms with E-state index in [1.165, 1.54) is 7.11 Å². The van der Waals surface area contributed by atoms with E-state index >= 15 is 0 Å². The van der Waals surface area contributed by atoms with Gasteiger partial charge in [0.1, 0.15) is 12.3 Å². The Morgan fingerprint density at radius 3 is 2.76 bits per heavy atom. The summed E-state index contributed by atoms with van der Waals surface area (Å²) in [5.41, 5.74) is 1.18. The molecule has 21 heavy (non-hydrogen) atoms. The van der Waals surface area contributed by atoms with Crippen LogP contribution in [0.1, 0.15) is 23.3 Å². The monoisotopic (exact) mass is 294 g/mol. The van der Waals surface area contributed by atoms with Gasteiger partial charge in [-0.25, -0.2) is 14.6 Å². The van der Waals surface area contributed by atoms with Crippen molar-refractivity contribution in [3.63, 3.8) is 0 Å². The molecule has 0 radical (unpaired) electrons. The Bertz CT molecular complexity index is 512. The van der Waals surface area contributed by atoms with Gasteiger partial charge in [0.05, 0.1) is 13.2 Å². The van der Waals surface area contributed by atoms with Crippen molar-refractivity contribution in [2.45, 2.75) is 18.9 Å². The van der Waals surface area contributed by atoms with Gasteiger partial charge in [0.2, 0.25) is 0 Å². The first-order chi connectivity index (χ1) is 10.1. The lowest BCUT2D eigenvalue weighted by atomic mass is 10.1. The van der Waals surface area contributed by atoms with Gasteiger partial charge in [-0.1, -0.05) is 0 Å². The highest BCUT2D eigenvalue weighted by atomic mass is 16.5. The number of carboxylic acid groups (broad SMARTS) is 1. The van der Waals surface area contributed by atoms with Gasteiger partial charge in [0, 0.05) is 25.0 Å². The van der Waals surface area contributed by atoms with Gasteiger partial charge in [-0.05, 0) is 25.0 Å². The second kappa shape index (κ2) is 7.03. The standard InChI is InChI=1S/C14H18N2O5/c1-20-14(19)12-8-10(2-5-15-12)16-6-3-11(4-7-16)21-9-13(17)18/h2,5,8,11H,3-4,6-7,9H2,1H3,(H,17,18). The molecule has 0 spiro atoms. The zero-order chi connectivity index (χ0) is 15.2. The summed E-state index contributed by atoms with van der Waals surface area (Å²) in [7, 11) is 1.32. The van der Waals surface area contributed by atoms with Crippen LogP contribution in [0, 0.1) is 0 Å². The van der Waals surface area contributed by atoms with E-state index in [0.717, 1.165) is 31.6 Å². The molecule has 1 aliphatic rings. The van der Waals surface area contributed by atoms with Crippen LogP contribution in [0.25, 0.3) is 0 Å². The Morgan fingerprint density at radius 1 is 1.43 bits per heavy atom. The lowest BCUT2D eigenvalue weighted by Gasteiger charge is -2.33. The van der Waals surface area contributed by atoms with Crippen LogP contribution in [0.3, 0.4) is 0 Å². The van der Waals surface area contributed by atoms with Crippen molar-refractivity contribution in [2.24, 2.45) is 0 Å². The van der Waals surface area contributed by atoms with Crippen molar-refractivity contribution in [2.75, 3.05) is 31.7 Å². The predicted octanol–water partition coefficient (Wildman–Crippen LogP) is 0.938. The molecular weight excluding hydrogens is 276 g/mol. The topological polar surface area (TPSA) is 89.0 Å². The van der Waals surface area contributed by atoms with Crippen LogP contribution >= 0.6 is 0 Å². The smallest absolute Gasteiger partial charge is 0.356 e. The Hall–Kier alpha value is -2.15. The maximum absolute atomic E-state index is 11.5. The Labute approximate surface area is 122 Å². The van der Waals surface area contributed by atoms with Crippen LogP contribution in [0.4, 0.5) is 5.69 Å². The number of rotatable bonds is 5. The minimum atomic E-state index is -0.950. The Kier molecular flexibility index (Phi) is 5.10. The van der Waals surface area contributed by atoms with Gasteiger partial charge in [0.15, 0.2) is 0 Å². The van der Waals surface area contributed by atoms with Crippen LogP contribution in [0.15, 0.2) is 18.3 Å². The minimum Gasteiger partial charge on any atom is -0.480 e. The molecule has 0 unspecified atom stereocenters. The first-order valence-electron chi connectivity index (χ1n) is 6.73. The van der Waals surface area contributed by atoms with E-state index in [2.05, 4.69) is 14.6 Å². The summed E-state index contributed by atoms with van der Waals surface area (Å²) >= 11 is 0. The van der Waals surface area contributed by atoms with Crippen molar-refractivity contribution >= 4 is 17.6 Å². The molecule has 0 amide bonds. The predicted molar refractivity (Wildman–Crippen MR) is 74.4 cm³/mol. The molecule has 1 aliphatic heterocycles. The molecule has 0 aliphatic carbocycles. The summed E-state index contributed by atoms with van der Waals surface area (Å²) in [6.07, 6.45) is 3.06. The van der Waals surface area contributed by atoms with Crippen LogP contribution in [0.5, 0.6) is 0 Å². The van der Waals surface area contributed by atoms with E-state index in [1.807, 2.05) is 6.07 Å². The lowest BCUT2D eigenvalue weighted by Crippen LogP contribution is -2.37. The molecular formula is C14H18N2O5. The number of esters is 1. The molecule has 0 atom stereocenters. The number of ether oxygens (including phenoxy) is 2. The third-order valence-corrected chi connectivity index (χ3v) is 3.39. The second-order valence-corrected chi connectivity index (χ2v) is 4.78. The molecule has 0 bridgehead atoms. The van der Waals surface area contributed by atoms with Gasteiger partial charge in [-0.3, -0.25) is 0 Å². The summed E-state index contributed by atoms with van der Waals surface area (Å²) in [4.78, 5) is 28.0. The quantitative estimate of drug-likeness (QED) is 0.808. The molecule has 1 aromatic heterocycles. The summed E-state index contributed by atoms with van der Waals surface area (Å²) in [6, 6.07) is 3.54. The Balaban J connectivity index is 1.93. The van der Waals surface area contributed by atoms with Crippen LogP contribution < -0.4 is 4.90 Å². The number of hydrogen-bond donors (Lipinski definition) is 1. The molecule has 0 saturated carbocycles. The van der Waals surface area contributed by atoms with E-state index in [4.69, 9.17) is 9.84 Å². The van der Waals surface area contributed by atoms with Crippen molar-refractivity contribution in [3.05, 3.63) is 24.0 Å².